The van der Waals surface area contributed by atoms with Gasteiger partial charge in [0.15, 0.2) is 0 Å². The van der Waals surface area contributed by atoms with Gasteiger partial charge in [0.05, 0.1) is 5.69 Å². The number of benzene rings is 1. The summed E-state index contributed by atoms with van der Waals surface area (Å²) in [4.78, 5) is 14.8. The van der Waals surface area contributed by atoms with Crippen molar-refractivity contribution in [3.8, 4) is 5.69 Å². The molecule has 0 bridgehead atoms. The van der Waals surface area contributed by atoms with E-state index >= 15 is 0 Å². The van der Waals surface area contributed by atoms with Crippen molar-refractivity contribution in [2.75, 3.05) is 6.54 Å². The van der Waals surface area contributed by atoms with Crippen LogP contribution < -0.4 is 0 Å². The Morgan fingerprint density at radius 3 is 2.55 bits per heavy atom. The van der Waals surface area contributed by atoms with E-state index in [1.165, 1.54) is 19.3 Å². The minimum atomic E-state index is 0.154. The molecule has 4 nitrogen and oxygen atoms in total. The van der Waals surface area contributed by atoms with Gasteiger partial charge in [0, 0.05) is 30.5 Å². The van der Waals surface area contributed by atoms with Crippen LogP contribution in [0.5, 0.6) is 0 Å². The molecule has 1 aliphatic rings. The number of rotatable bonds is 4. The second-order valence-electron chi connectivity index (χ2n) is 5.88. The molecule has 1 aromatic heterocycles. The molecule has 0 saturated heterocycles. The molecule has 0 aliphatic heterocycles. The quantitative estimate of drug-likeness (QED) is 0.863. The molecule has 0 N–H and O–H groups in total. The van der Waals surface area contributed by atoms with Crippen molar-refractivity contribution in [1.29, 1.82) is 0 Å². The largest absolute Gasteiger partial charge is 0.336 e. The zero-order chi connectivity index (χ0) is 15.4. The third-order valence-electron chi connectivity index (χ3n) is 4.50. The van der Waals surface area contributed by atoms with E-state index in [4.69, 9.17) is 0 Å². The van der Waals surface area contributed by atoms with Gasteiger partial charge in [0.2, 0.25) is 0 Å². The number of aromatic nitrogens is 2. The maximum absolute atomic E-state index is 12.8. The number of hydrogen-bond acceptors (Lipinski definition) is 2. The fourth-order valence-corrected chi connectivity index (χ4v) is 3.30. The van der Waals surface area contributed by atoms with Gasteiger partial charge >= 0.3 is 0 Å². The molecular weight excluding hydrogens is 274 g/mol. The first kappa shape index (κ1) is 14.8. The highest BCUT2D eigenvalue weighted by Gasteiger charge is 2.24. The van der Waals surface area contributed by atoms with E-state index in [2.05, 4.69) is 12.0 Å². The summed E-state index contributed by atoms with van der Waals surface area (Å²) in [6, 6.07) is 10.0. The number of carbonyl (C=O) groups excluding carboxylic acids is 1. The summed E-state index contributed by atoms with van der Waals surface area (Å²) in [6.45, 7) is 2.86. The van der Waals surface area contributed by atoms with Crippen molar-refractivity contribution in [3.63, 3.8) is 0 Å². The van der Waals surface area contributed by atoms with Gasteiger partial charge in [-0.05, 0) is 50.1 Å². The first-order valence-corrected chi connectivity index (χ1v) is 8.20. The lowest BCUT2D eigenvalue weighted by Gasteiger charge is -2.33. The molecule has 3 rings (SSSR count). The van der Waals surface area contributed by atoms with E-state index < -0.39 is 0 Å². The van der Waals surface area contributed by atoms with Crippen LogP contribution in [0.1, 0.15) is 49.4 Å². The predicted octanol–water partition coefficient (Wildman–Crippen LogP) is 3.67. The molecule has 1 amide bonds. The summed E-state index contributed by atoms with van der Waals surface area (Å²) in [6.07, 6.45) is 9.73. The molecule has 0 spiro atoms. The number of nitrogens with zero attached hydrogens (tertiary/aromatic N) is 3. The van der Waals surface area contributed by atoms with Crippen LogP contribution in [0.2, 0.25) is 0 Å². The lowest BCUT2D eigenvalue weighted by Crippen LogP contribution is -2.41. The third-order valence-corrected chi connectivity index (χ3v) is 4.50. The Balaban J connectivity index is 1.75. The SMILES string of the molecule is CCN(C(=O)c1ccc(-n2cccn2)cc1)C1CCCCC1. The van der Waals surface area contributed by atoms with Crippen LogP contribution in [0.4, 0.5) is 0 Å². The van der Waals surface area contributed by atoms with Crippen molar-refractivity contribution in [2.24, 2.45) is 0 Å². The molecule has 1 fully saturated rings. The number of amides is 1. The van der Waals surface area contributed by atoms with E-state index in [1.54, 1.807) is 10.9 Å². The molecule has 1 heterocycles. The molecule has 0 radical (unpaired) electrons. The average molecular weight is 297 g/mol. The fraction of sp³-hybridized carbons (Fsp3) is 0.444. The first-order chi connectivity index (χ1) is 10.8. The minimum Gasteiger partial charge on any atom is -0.336 e. The van der Waals surface area contributed by atoms with Crippen LogP contribution in [0.15, 0.2) is 42.7 Å². The number of carbonyl (C=O) groups is 1. The van der Waals surface area contributed by atoms with E-state index in [0.717, 1.165) is 30.6 Å². The highest BCUT2D eigenvalue weighted by molar-refractivity contribution is 5.94. The van der Waals surface area contributed by atoms with E-state index in [1.807, 2.05) is 41.4 Å². The van der Waals surface area contributed by atoms with Crippen LogP contribution in [-0.4, -0.2) is 33.2 Å². The maximum atomic E-state index is 12.8. The van der Waals surface area contributed by atoms with Gasteiger partial charge in [-0.2, -0.15) is 5.10 Å². The van der Waals surface area contributed by atoms with Crippen molar-refractivity contribution < 1.29 is 4.79 Å². The Labute approximate surface area is 131 Å². The molecule has 22 heavy (non-hydrogen) atoms. The predicted molar refractivity (Wildman–Crippen MR) is 87.1 cm³/mol. The molecule has 4 heteroatoms. The molecule has 2 aromatic rings. The summed E-state index contributed by atoms with van der Waals surface area (Å²) in [7, 11) is 0. The maximum Gasteiger partial charge on any atom is 0.254 e. The van der Waals surface area contributed by atoms with Crippen molar-refractivity contribution in [2.45, 2.75) is 45.1 Å². The second kappa shape index (κ2) is 6.77. The molecule has 1 saturated carbocycles. The summed E-state index contributed by atoms with van der Waals surface area (Å²) in [5.41, 5.74) is 1.74. The number of hydrogen-bond donors (Lipinski definition) is 0. The van der Waals surface area contributed by atoms with Gasteiger partial charge in [-0.15, -0.1) is 0 Å². The average Bonchev–Trinajstić information content (AvgIpc) is 3.11. The van der Waals surface area contributed by atoms with Crippen molar-refractivity contribution in [1.82, 2.24) is 14.7 Å². The fourth-order valence-electron chi connectivity index (χ4n) is 3.30. The summed E-state index contributed by atoms with van der Waals surface area (Å²) < 4.78 is 1.80. The Kier molecular flexibility index (Phi) is 4.56. The second-order valence-corrected chi connectivity index (χ2v) is 5.88. The van der Waals surface area contributed by atoms with E-state index in [-0.39, 0.29) is 5.91 Å². The molecular formula is C18H23N3O. The molecule has 116 valence electrons. The van der Waals surface area contributed by atoms with Crippen molar-refractivity contribution >= 4 is 5.91 Å². The van der Waals surface area contributed by atoms with Crippen LogP contribution in [0.25, 0.3) is 5.69 Å². The van der Waals surface area contributed by atoms with E-state index in [9.17, 15) is 4.79 Å². The molecule has 0 unspecified atom stereocenters. The molecule has 1 aliphatic carbocycles. The van der Waals surface area contributed by atoms with Crippen LogP contribution in [-0.2, 0) is 0 Å². The van der Waals surface area contributed by atoms with Gasteiger partial charge in [-0.25, -0.2) is 4.68 Å². The normalized spacial score (nSPS) is 15.7. The lowest BCUT2D eigenvalue weighted by atomic mass is 9.93. The summed E-state index contributed by atoms with van der Waals surface area (Å²) in [5, 5.41) is 4.21. The van der Waals surface area contributed by atoms with Crippen LogP contribution in [0.3, 0.4) is 0 Å². The summed E-state index contributed by atoms with van der Waals surface area (Å²) >= 11 is 0. The minimum absolute atomic E-state index is 0.154. The van der Waals surface area contributed by atoms with Gasteiger partial charge in [0.1, 0.15) is 0 Å². The smallest absolute Gasteiger partial charge is 0.254 e. The van der Waals surface area contributed by atoms with Crippen molar-refractivity contribution in [3.05, 3.63) is 48.3 Å². The van der Waals surface area contributed by atoms with Gasteiger partial charge in [-0.1, -0.05) is 19.3 Å². The van der Waals surface area contributed by atoms with Gasteiger partial charge in [-0.3, -0.25) is 4.79 Å². The summed E-state index contributed by atoms with van der Waals surface area (Å²) in [5.74, 6) is 0.154. The highest BCUT2D eigenvalue weighted by atomic mass is 16.2. The molecule has 0 atom stereocenters. The Morgan fingerprint density at radius 1 is 1.23 bits per heavy atom. The monoisotopic (exact) mass is 297 g/mol. The van der Waals surface area contributed by atoms with Gasteiger partial charge in [0.25, 0.3) is 5.91 Å². The van der Waals surface area contributed by atoms with Gasteiger partial charge < -0.3 is 4.90 Å². The molecule has 1 aromatic carbocycles. The Bertz CT molecular complexity index is 598. The zero-order valence-corrected chi connectivity index (χ0v) is 13.1. The van der Waals surface area contributed by atoms with E-state index in [0.29, 0.717) is 6.04 Å². The Morgan fingerprint density at radius 2 is 1.95 bits per heavy atom. The topological polar surface area (TPSA) is 38.1 Å². The standard InChI is InChI=1S/C18H23N3O/c1-2-20(16-7-4-3-5-8-16)18(22)15-9-11-17(12-10-15)21-14-6-13-19-21/h6,9-14,16H,2-5,7-8H2,1H3. The zero-order valence-electron chi connectivity index (χ0n) is 13.1. The first-order valence-electron chi connectivity index (χ1n) is 8.20. The lowest BCUT2D eigenvalue weighted by molar-refractivity contribution is 0.0648. The van der Waals surface area contributed by atoms with Crippen LogP contribution >= 0.6 is 0 Å². The third kappa shape index (κ3) is 3.06. The highest BCUT2D eigenvalue weighted by Crippen LogP contribution is 2.24. The Hall–Kier alpha value is -2.10. The van der Waals surface area contributed by atoms with Crippen LogP contribution in [0, 0.1) is 0 Å².